The Morgan fingerprint density at radius 3 is 2.79 bits per heavy atom. The van der Waals surface area contributed by atoms with Crippen molar-refractivity contribution < 1.29 is 19.1 Å². The molecule has 5 rings (SSSR count). The average Bonchev–Trinajstić information content (AvgIpc) is 3.27. The lowest BCUT2D eigenvalue weighted by Crippen LogP contribution is -2.16. The summed E-state index contributed by atoms with van der Waals surface area (Å²) in [4.78, 5) is 31.9. The first kappa shape index (κ1) is 21.1. The molecule has 0 unspecified atom stereocenters. The number of nitrogens with one attached hydrogen (secondary N) is 3. The molecule has 10 nitrogen and oxygen atoms in total. The van der Waals surface area contributed by atoms with Crippen LogP contribution in [-0.2, 0) is 9.59 Å². The SMILES string of the molecule is CC(C)Nc1c(F)c(Cl)c(-c2cn3cc(NC(=O)[C@@H]4C[C@@H]4C(=O)O)nc3cn2)c2cn[nH]c12. The van der Waals surface area contributed by atoms with Crippen molar-refractivity contribution in [3.05, 3.63) is 35.6 Å². The highest BCUT2D eigenvalue weighted by Gasteiger charge is 2.48. The molecule has 12 heteroatoms. The Labute approximate surface area is 191 Å². The third-order valence-corrected chi connectivity index (χ3v) is 5.87. The highest BCUT2D eigenvalue weighted by Crippen LogP contribution is 2.41. The van der Waals surface area contributed by atoms with Crippen molar-refractivity contribution in [2.45, 2.75) is 26.3 Å². The number of amides is 1. The van der Waals surface area contributed by atoms with Gasteiger partial charge in [0.05, 0.1) is 52.3 Å². The Bertz CT molecular complexity index is 1430. The molecule has 0 bridgehead atoms. The van der Waals surface area contributed by atoms with Crippen LogP contribution in [0.15, 0.2) is 24.8 Å². The summed E-state index contributed by atoms with van der Waals surface area (Å²) in [7, 11) is 0. The third-order valence-electron chi connectivity index (χ3n) is 5.52. The van der Waals surface area contributed by atoms with E-state index in [1.165, 1.54) is 6.20 Å². The van der Waals surface area contributed by atoms with Crippen LogP contribution in [-0.4, -0.2) is 47.6 Å². The fraction of sp³-hybridized carbons (Fsp3) is 0.286. The van der Waals surface area contributed by atoms with E-state index in [-0.39, 0.29) is 22.6 Å². The summed E-state index contributed by atoms with van der Waals surface area (Å²) >= 11 is 6.43. The highest BCUT2D eigenvalue weighted by molar-refractivity contribution is 6.35. The van der Waals surface area contributed by atoms with Gasteiger partial charge in [-0.25, -0.2) is 9.37 Å². The molecule has 1 saturated carbocycles. The van der Waals surface area contributed by atoms with Gasteiger partial charge in [0, 0.05) is 23.2 Å². The zero-order valence-corrected chi connectivity index (χ0v) is 18.3. The second-order valence-corrected chi connectivity index (χ2v) is 8.65. The highest BCUT2D eigenvalue weighted by atomic mass is 35.5. The van der Waals surface area contributed by atoms with Crippen molar-refractivity contribution >= 4 is 51.5 Å². The van der Waals surface area contributed by atoms with Crippen molar-refractivity contribution in [2.24, 2.45) is 11.8 Å². The number of nitrogens with zero attached hydrogens (tertiary/aromatic N) is 4. The number of rotatable bonds is 6. The van der Waals surface area contributed by atoms with Gasteiger partial charge in [0.15, 0.2) is 17.3 Å². The van der Waals surface area contributed by atoms with Crippen LogP contribution in [0.2, 0.25) is 5.02 Å². The first-order chi connectivity index (χ1) is 15.7. The maximum atomic E-state index is 15.2. The van der Waals surface area contributed by atoms with Crippen LogP contribution in [0.5, 0.6) is 0 Å². The number of H-pyrrole nitrogens is 1. The molecule has 1 aromatic carbocycles. The molecule has 170 valence electrons. The molecule has 1 aliphatic rings. The summed E-state index contributed by atoms with van der Waals surface area (Å²) in [6.07, 6.45) is 6.54. The quantitative estimate of drug-likeness (QED) is 0.337. The first-order valence-electron chi connectivity index (χ1n) is 10.2. The fourth-order valence-electron chi connectivity index (χ4n) is 3.85. The van der Waals surface area contributed by atoms with Crippen LogP contribution in [0, 0.1) is 17.7 Å². The van der Waals surface area contributed by atoms with Gasteiger partial charge >= 0.3 is 5.97 Å². The van der Waals surface area contributed by atoms with E-state index in [1.807, 2.05) is 13.8 Å². The smallest absolute Gasteiger partial charge is 0.307 e. The van der Waals surface area contributed by atoms with Crippen LogP contribution >= 0.6 is 11.6 Å². The number of benzene rings is 1. The van der Waals surface area contributed by atoms with Crippen LogP contribution in [0.4, 0.5) is 15.9 Å². The number of carboxylic acids is 1. The Hall–Kier alpha value is -3.73. The number of carbonyl (C=O) groups is 2. The van der Waals surface area contributed by atoms with E-state index in [0.29, 0.717) is 34.2 Å². The van der Waals surface area contributed by atoms with Crippen molar-refractivity contribution in [3.8, 4) is 11.3 Å². The number of anilines is 2. The summed E-state index contributed by atoms with van der Waals surface area (Å²) in [6, 6.07) is -0.0246. The van der Waals surface area contributed by atoms with Gasteiger partial charge in [-0.1, -0.05) is 11.6 Å². The lowest BCUT2D eigenvalue weighted by molar-refractivity contribution is -0.139. The predicted octanol–water partition coefficient (Wildman–Crippen LogP) is 3.54. The van der Waals surface area contributed by atoms with Crippen molar-refractivity contribution in [3.63, 3.8) is 0 Å². The van der Waals surface area contributed by atoms with E-state index in [2.05, 4.69) is 30.8 Å². The van der Waals surface area contributed by atoms with Gasteiger partial charge in [0.25, 0.3) is 0 Å². The minimum atomic E-state index is -0.983. The monoisotopic (exact) mass is 471 g/mol. The van der Waals surface area contributed by atoms with E-state index in [0.717, 1.165) is 0 Å². The molecule has 1 aliphatic carbocycles. The number of aliphatic carboxylic acids is 1. The minimum absolute atomic E-state index is 0.0246. The molecule has 4 aromatic rings. The van der Waals surface area contributed by atoms with E-state index in [9.17, 15) is 9.59 Å². The zero-order valence-electron chi connectivity index (χ0n) is 17.6. The van der Waals surface area contributed by atoms with Gasteiger partial charge in [-0.15, -0.1) is 0 Å². The molecule has 0 radical (unpaired) electrons. The molecule has 0 spiro atoms. The number of carboxylic acid groups (broad SMARTS) is 1. The van der Waals surface area contributed by atoms with Crippen LogP contribution in [0.25, 0.3) is 27.8 Å². The molecule has 4 N–H and O–H groups in total. The lowest BCUT2D eigenvalue weighted by Gasteiger charge is -2.15. The van der Waals surface area contributed by atoms with Gasteiger partial charge < -0.3 is 20.1 Å². The molecule has 2 atom stereocenters. The van der Waals surface area contributed by atoms with Gasteiger partial charge in [0.1, 0.15) is 0 Å². The summed E-state index contributed by atoms with van der Waals surface area (Å²) in [5, 5.41) is 22.1. The minimum Gasteiger partial charge on any atom is -0.481 e. The number of imidazole rings is 1. The van der Waals surface area contributed by atoms with E-state index in [4.69, 9.17) is 16.7 Å². The maximum Gasteiger partial charge on any atom is 0.307 e. The van der Waals surface area contributed by atoms with Crippen LogP contribution in [0.3, 0.4) is 0 Å². The summed E-state index contributed by atoms with van der Waals surface area (Å²) in [6.45, 7) is 3.78. The number of hydrogen-bond donors (Lipinski definition) is 4. The number of aromatic amines is 1. The molecular weight excluding hydrogens is 453 g/mol. The maximum absolute atomic E-state index is 15.2. The number of fused-ring (bicyclic) bond motifs is 2. The first-order valence-corrected chi connectivity index (χ1v) is 10.6. The lowest BCUT2D eigenvalue weighted by atomic mass is 10.1. The second-order valence-electron chi connectivity index (χ2n) is 8.28. The standard InChI is InChI=1S/C21H19ClFN7O3/c1-8(2)26-19-17(23)16(22)15(11-4-25-29-18(11)19)12-6-30-7-13(27-14(30)5-24-12)28-20(31)9-3-10(9)21(32)33/h4-10,26H,3H2,1-2H3,(H,25,29)(H,28,31)(H,32,33)/t9-,10+/m1/s1. The normalized spacial score (nSPS) is 17.6. The van der Waals surface area contributed by atoms with Crippen molar-refractivity contribution in [2.75, 3.05) is 10.6 Å². The molecule has 0 saturated heterocycles. The third kappa shape index (κ3) is 3.63. The summed E-state index contributed by atoms with van der Waals surface area (Å²) in [5.74, 6) is -2.94. The molecule has 3 heterocycles. The molecule has 1 amide bonds. The summed E-state index contributed by atoms with van der Waals surface area (Å²) < 4.78 is 16.8. The van der Waals surface area contributed by atoms with Gasteiger partial charge in [0.2, 0.25) is 5.91 Å². The van der Waals surface area contributed by atoms with Gasteiger partial charge in [-0.05, 0) is 20.3 Å². The van der Waals surface area contributed by atoms with Crippen molar-refractivity contribution in [1.29, 1.82) is 0 Å². The Morgan fingerprint density at radius 1 is 1.30 bits per heavy atom. The molecule has 1 fully saturated rings. The van der Waals surface area contributed by atoms with Gasteiger partial charge in [-0.3, -0.25) is 19.7 Å². The largest absolute Gasteiger partial charge is 0.481 e. The Morgan fingerprint density at radius 2 is 2.09 bits per heavy atom. The van der Waals surface area contributed by atoms with Crippen LogP contribution < -0.4 is 10.6 Å². The number of hydrogen-bond acceptors (Lipinski definition) is 6. The van der Waals surface area contributed by atoms with Gasteiger partial charge in [-0.2, -0.15) is 5.10 Å². The van der Waals surface area contributed by atoms with E-state index < -0.39 is 29.5 Å². The number of halogens is 2. The fourth-order valence-corrected chi connectivity index (χ4v) is 4.15. The average molecular weight is 472 g/mol. The second kappa shape index (κ2) is 7.69. The van der Waals surface area contributed by atoms with Crippen molar-refractivity contribution in [1.82, 2.24) is 24.6 Å². The molecular formula is C21H19ClFN7O3. The summed E-state index contributed by atoms with van der Waals surface area (Å²) in [5.41, 5.74) is 1.91. The Kier molecular flexibility index (Phi) is 4.93. The number of aromatic nitrogens is 5. The van der Waals surface area contributed by atoms with E-state index >= 15 is 4.39 Å². The topological polar surface area (TPSA) is 137 Å². The molecule has 0 aliphatic heterocycles. The zero-order chi connectivity index (χ0) is 23.4. The molecule has 3 aromatic heterocycles. The van der Waals surface area contributed by atoms with E-state index in [1.54, 1.807) is 23.0 Å². The predicted molar refractivity (Wildman–Crippen MR) is 120 cm³/mol. The molecule has 33 heavy (non-hydrogen) atoms. The Balaban J connectivity index is 1.51. The number of carbonyl (C=O) groups excluding carboxylic acids is 1. The van der Waals surface area contributed by atoms with Crippen LogP contribution in [0.1, 0.15) is 20.3 Å².